The first-order valence-electron chi connectivity index (χ1n) is 8.57. The van der Waals surface area contributed by atoms with Gasteiger partial charge in [-0.1, -0.05) is 12.1 Å². The largest absolute Gasteiger partial charge is 0.462 e. The summed E-state index contributed by atoms with van der Waals surface area (Å²) in [6.45, 7) is 1.71. The average Bonchev–Trinajstić information content (AvgIpc) is 3.15. The van der Waals surface area contributed by atoms with Crippen LogP contribution in [0.1, 0.15) is 29.6 Å². The molecular weight excluding hydrogens is 304 g/mol. The molecule has 5 nitrogen and oxygen atoms in total. The standard InChI is InChI=1S/C19H22N2O3/c1-21-10-13-2-7-17(21)16(8-13)11-23-19(22)15-5-3-14(4-6-15)18-9-20-12-24-18/h3-6,9,12-13,16-17H,2,7-8,10-11H2,1H3. The Hall–Kier alpha value is -2.14. The molecule has 0 radical (unpaired) electrons. The summed E-state index contributed by atoms with van der Waals surface area (Å²) < 4.78 is 10.9. The number of esters is 1. The second-order valence-corrected chi connectivity index (χ2v) is 6.99. The number of carbonyl (C=O) groups excluding carboxylic acids is 1. The van der Waals surface area contributed by atoms with Crippen LogP contribution in [-0.2, 0) is 4.74 Å². The van der Waals surface area contributed by atoms with Crippen molar-refractivity contribution < 1.29 is 13.9 Å². The topological polar surface area (TPSA) is 55.6 Å². The van der Waals surface area contributed by atoms with Crippen molar-refractivity contribution >= 4 is 5.97 Å². The number of ether oxygens (including phenoxy) is 1. The number of fused-ring (bicyclic) bond motifs is 3. The van der Waals surface area contributed by atoms with Crippen molar-refractivity contribution in [3.05, 3.63) is 42.4 Å². The number of benzene rings is 1. The molecule has 3 atom stereocenters. The lowest BCUT2D eigenvalue weighted by atomic mass is 9.73. The Balaban J connectivity index is 1.36. The SMILES string of the molecule is CN1CC2CCC1C(COC(=O)c1ccc(-c3cnco3)cc1)C2. The lowest BCUT2D eigenvalue weighted by molar-refractivity contribution is -0.0173. The number of hydrogen-bond donors (Lipinski definition) is 0. The number of nitrogens with zero attached hydrogens (tertiary/aromatic N) is 2. The Morgan fingerprint density at radius 2 is 2.17 bits per heavy atom. The molecule has 3 fully saturated rings. The van der Waals surface area contributed by atoms with Crippen molar-refractivity contribution in [2.24, 2.45) is 11.8 Å². The highest BCUT2D eigenvalue weighted by atomic mass is 16.5. The van der Waals surface area contributed by atoms with Gasteiger partial charge in [-0.15, -0.1) is 0 Å². The molecule has 0 spiro atoms. The first-order valence-corrected chi connectivity index (χ1v) is 8.57. The Kier molecular flexibility index (Phi) is 4.10. The van der Waals surface area contributed by atoms with E-state index in [9.17, 15) is 4.79 Å². The average molecular weight is 326 g/mol. The maximum Gasteiger partial charge on any atom is 0.338 e. The fourth-order valence-corrected chi connectivity index (χ4v) is 4.21. The van der Waals surface area contributed by atoms with Gasteiger partial charge in [0.05, 0.1) is 18.4 Å². The van der Waals surface area contributed by atoms with Gasteiger partial charge in [0.25, 0.3) is 0 Å². The maximum absolute atomic E-state index is 12.3. The Labute approximate surface area is 141 Å². The third kappa shape index (κ3) is 2.96. The number of rotatable bonds is 4. The minimum Gasteiger partial charge on any atom is -0.462 e. The summed E-state index contributed by atoms with van der Waals surface area (Å²) >= 11 is 0. The molecule has 2 aliphatic heterocycles. The van der Waals surface area contributed by atoms with E-state index in [1.807, 2.05) is 12.1 Å². The van der Waals surface area contributed by atoms with Crippen LogP contribution in [0.2, 0.25) is 0 Å². The van der Waals surface area contributed by atoms with E-state index >= 15 is 0 Å². The summed E-state index contributed by atoms with van der Waals surface area (Å²) in [6.07, 6.45) is 6.79. The highest BCUT2D eigenvalue weighted by molar-refractivity contribution is 5.89. The lowest BCUT2D eigenvalue weighted by Gasteiger charge is -2.48. The third-order valence-corrected chi connectivity index (χ3v) is 5.43. The van der Waals surface area contributed by atoms with Crippen molar-refractivity contribution in [3.8, 4) is 11.3 Å². The summed E-state index contributed by atoms with van der Waals surface area (Å²) in [6, 6.07) is 7.83. The Morgan fingerprint density at radius 3 is 2.83 bits per heavy atom. The molecule has 1 aromatic heterocycles. The molecule has 1 saturated carbocycles. The van der Waals surface area contributed by atoms with Crippen molar-refractivity contribution in [1.29, 1.82) is 0 Å². The highest BCUT2D eigenvalue weighted by Gasteiger charge is 2.39. The monoisotopic (exact) mass is 326 g/mol. The number of piperidine rings is 2. The van der Waals surface area contributed by atoms with Crippen LogP contribution in [0.25, 0.3) is 11.3 Å². The third-order valence-electron chi connectivity index (χ3n) is 5.43. The molecule has 24 heavy (non-hydrogen) atoms. The van der Waals surface area contributed by atoms with Gasteiger partial charge in [-0.25, -0.2) is 9.78 Å². The first kappa shape index (κ1) is 15.4. The van der Waals surface area contributed by atoms with Crippen LogP contribution in [0.5, 0.6) is 0 Å². The van der Waals surface area contributed by atoms with Gasteiger partial charge in [0.2, 0.25) is 0 Å². The van der Waals surface area contributed by atoms with E-state index < -0.39 is 0 Å². The normalized spacial score (nSPS) is 26.5. The van der Waals surface area contributed by atoms with Gasteiger partial charge in [0, 0.05) is 24.1 Å². The molecular formula is C19H22N2O3. The van der Waals surface area contributed by atoms with Crippen LogP contribution in [0.3, 0.4) is 0 Å². The molecule has 3 unspecified atom stereocenters. The summed E-state index contributed by atoms with van der Waals surface area (Å²) in [5, 5.41) is 0. The zero-order chi connectivity index (χ0) is 16.5. The van der Waals surface area contributed by atoms with Gasteiger partial charge in [-0.3, -0.25) is 0 Å². The number of oxazole rings is 1. The van der Waals surface area contributed by atoms with E-state index in [4.69, 9.17) is 9.15 Å². The van der Waals surface area contributed by atoms with E-state index in [0.29, 0.717) is 29.9 Å². The Morgan fingerprint density at radius 1 is 1.33 bits per heavy atom. The molecule has 126 valence electrons. The molecule has 1 aliphatic carbocycles. The second kappa shape index (κ2) is 6.40. The number of hydrogen-bond acceptors (Lipinski definition) is 5. The predicted octanol–water partition coefficient (Wildman–Crippen LogP) is 3.23. The van der Waals surface area contributed by atoms with E-state index in [-0.39, 0.29) is 5.97 Å². The molecule has 0 N–H and O–H groups in total. The van der Waals surface area contributed by atoms with E-state index in [1.165, 1.54) is 32.2 Å². The predicted molar refractivity (Wildman–Crippen MR) is 89.5 cm³/mol. The van der Waals surface area contributed by atoms with Crippen LogP contribution in [0.4, 0.5) is 0 Å². The number of carbonyl (C=O) groups is 1. The van der Waals surface area contributed by atoms with Gasteiger partial charge in [0.1, 0.15) is 0 Å². The van der Waals surface area contributed by atoms with Crippen LogP contribution in [0, 0.1) is 11.8 Å². The summed E-state index contributed by atoms with van der Waals surface area (Å²) in [7, 11) is 2.19. The molecule has 5 heteroatoms. The fraction of sp³-hybridized carbons (Fsp3) is 0.474. The second-order valence-electron chi connectivity index (χ2n) is 6.99. The van der Waals surface area contributed by atoms with Gasteiger partial charge in [-0.2, -0.15) is 0 Å². The van der Waals surface area contributed by atoms with E-state index in [0.717, 1.165) is 11.5 Å². The van der Waals surface area contributed by atoms with E-state index in [2.05, 4.69) is 16.9 Å². The van der Waals surface area contributed by atoms with Gasteiger partial charge >= 0.3 is 5.97 Å². The number of aromatic nitrogens is 1. The smallest absolute Gasteiger partial charge is 0.338 e. The van der Waals surface area contributed by atoms with Gasteiger partial charge in [-0.05, 0) is 44.4 Å². The summed E-state index contributed by atoms with van der Waals surface area (Å²) in [5.74, 6) is 1.68. The van der Waals surface area contributed by atoms with Crippen molar-refractivity contribution in [2.75, 3.05) is 20.2 Å². The minimum absolute atomic E-state index is 0.247. The minimum atomic E-state index is -0.247. The quantitative estimate of drug-likeness (QED) is 0.808. The summed E-state index contributed by atoms with van der Waals surface area (Å²) in [4.78, 5) is 18.6. The van der Waals surface area contributed by atoms with Gasteiger partial charge in [0.15, 0.2) is 12.2 Å². The maximum atomic E-state index is 12.3. The molecule has 0 amide bonds. The van der Waals surface area contributed by atoms with Crippen molar-refractivity contribution in [2.45, 2.75) is 25.3 Å². The molecule has 5 rings (SSSR count). The van der Waals surface area contributed by atoms with Crippen LogP contribution < -0.4 is 0 Å². The van der Waals surface area contributed by atoms with Crippen LogP contribution in [0.15, 0.2) is 41.3 Å². The Bertz CT molecular complexity index is 696. The van der Waals surface area contributed by atoms with Crippen LogP contribution >= 0.6 is 0 Å². The van der Waals surface area contributed by atoms with Crippen molar-refractivity contribution in [3.63, 3.8) is 0 Å². The molecule has 3 aliphatic rings. The molecule has 3 heterocycles. The van der Waals surface area contributed by atoms with Gasteiger partial charge < -0.3 is 14.1 Å². The van der Waals surface area contributed by atoms with E-state index in [1.54, 1.807) is 18.3 Å². The lowest BCUT2D eigenvalue weighted by Crippen LogP contribution is -2.52. The molecule has 2 aromatic rings. The zero-order valence-corrected chi connectivity index (χ0v) is 13.9. The van der Waals surface area contributed by atoms with Crippen LogP contribution in [-0.4, -0.2) is 42.1 Å². The summed E-state index contributed by atoms with van der Waals surface area (Å²) in [5.41, 5.74) is 1.47. The molecule has 2 saturated heterocycles. The highest BCUT2D eigenvalue weighted by Crippen LogP contribution is 2.38. The zero-order valence-electron chi connectivity index (χ0n) is 13.9. The molecule has 2 bridgehead atoms. The van der Waals surface area contributed by atoms with Crippen molar-refractivity contribution in [1.82, 2.24) is 9.88 Å². The first-order chi connectivity index (χ1) is 11.7. The fourth-order valence-electron chi connectivity index (χ4n) is 4.21. The molecule has 1 aromatic carbocycles.